The molecule has 0 aromatic heterocycles. The predicted molar refractivity (Wildman–Crippen MR) is 50.9 cm³/mol. The van der Waals surface area contributed by atoms with Crippen molar-refractivity contribution in [3.05, 3.63) is 0 Å². The van der Waals surface area contributed by atoms with Crippen molar-refractivity contribution in [1.82, 2.24) is 0 Å². The molecule has 66 valence electrons. The first kappa shape index (κ1) is 11.0. The van der Waals surface area contributed by atoms with E-state index in [1.165, 1.54) is 0 Å². The highest BCUT2D eigenvalue weighted by atomic mass is 32.1. The SMILES string of the molecule is CC(CC(C)(C)S)C(N)C=O. The lowest BCUT2D eigenvalue weighted by Gasteiger charge is -2.23. The maximum Gasteiger partial charge on any atom is 0.136 e. The zero-order valence-corrected chi connectivity index (χ0v) is 8.27. The van der Waals surface area contributed by atoms with Gasteiger partial charge in [0.1, 0.15) is 6.29 Å². The molecule has 0 bridgehead atoms. The standard InChI is InChI=1S/C8H17NOS/c1-6(7(9)5-10)4-8(2,3)11/h5-7,11H,4,9H2,1-3H3. The van der Waals surface area contributed by atoms with Crippen molar-refractivity contribution in [3.63, 3.8) is 0 Å². The van der Waals surface area contributed by atoms with E-state index in [2.05, 4.69) is 12.6 Å². The van der Waals surface area contributed by atoms with Gasteiger partial charge in [-0.25, -0.2) is 0 Å². The minimum Gasteiger partial charge on any atom is -0.322 e. The van der Waals surface area contributed by atoms with Crippen LogP contribution in [0, 0.1) is 5.92 Å². The second-order valence-electron chi connectivity index (χ2n) is 3.71. The van der Waals surface area contributed by atoms with Crippen molar-refractivity contribution in [2.24, 2.45) is 11.7 Å². The third kappa shape index (κ3) is 5.27. The molecule has 0 amide bonds. The summed E-state index contributed by atoms with van der Waals surface area (Å²) in [4.78, 5) is 10.3. The van der Waals surface area contributed by atoms with Crippen LogP contribution in [-0.4, -0.2) is 17.1 Å². The lowest BCUT2D eigenvalue weighted by molar-refractivity contribution is -0.109. The lowest BCUT2D eigenvalue weighted by atomic mass is 9.93. The Morgan fingerprint density at radius 1 is 1.64 bits per heavy atom. The van der Waals surface area contributed by atoms with Crippen LogP contribution in [0.3, 0.4) is 0 Å². The van der Waals surface area contributed by atoms with Gasteiger partial charge in [0, 0.05) is 4.75 Å². The first-order valence-electron chi connectivity index (χ1n) is 3.80. The molecule has 2 nitrogen and oxygen atoms in total. The second kappa shape index (κ2) is 4.12. The summed E-state index contributed by atoms with van der Waals surface area (Å²) in [6.07, 6.45) is 1.65. The van der Waals surface area contributed by atoms with Crippen LogP contribution in [0.25, 0.3) is 0 Å². The topological polar surface area (TPSA) is 43.1 Å². The molecule has 0 aliphatic carbocycles. The number of rotatable bonds is 4. The van der Waals surface area contributed by atoms with Crippen LogP contribution in [-0.2, 0) is 4.79 Å². The smallest absolute Gasteiger partial charge is 0.136 e. The molecule has 2 unspecified atom stereocenters. The van der Waals surface area contributed by atoms with E-state index in [1.807, 2.05) is 20.8 Å². The van der Waals surface area contributed by atoms with Gasteiger partial charge in [-0.1, -0.05) is 20.8 Å². The van der Waals surface area contributed by atoms with Crippen LogP contribution in [0.1, 0.15) is 27.2 Å². The van der Waals surface area contributed by atoms with E-state index in [-0.39, 0.29) is 16.7 Å². The summed E-state index contributed by atoms with van der Waals surface area (Å²) >= 11 is 4.36. The van der Waals surface area contributed by atoms with E-state index in [4.69, 9.17) is 5.73 Å². The fraction of sp³-hybridized carbons (Fsp3) is 0.875. The molecule has 11 heavy (non-hydrogen) atoms. The minimum atomic E-state index is -0.346. The average molecular weight is 175 g/mol. The van der Waals surface area contributed by atoms with Gasteiger partial charge in [0.05, 0.1) is 6.04 Å². The summed E-state index contributed by atoms with van der Waals surface area (Å²) in [5, 5.41) is 0. The van der Waals surface area contributed by atoms with E-state index >= 15 is 0 Å². The zero-order chi connectivity index (χ0) is 9.07. The van der Waals surface area contributed by atoms with Gasteiger partial charge in [-0.05, 0) is 12.3 Å². The molecule has 0 saturated heterocycles. The van der Waals surface area contributed by atoms with Crippen LogP contribution >= 0.6 is 12.6 Å². The maximum atomic E-state index is 10.3. The van der Waals surface area contributed by atoms with Gasteiger partial charge in [-0.2, -0.15) is 12.6 Å². The molecule has 2 N–H and O–H groups in total. The van der Waals surface area contributed by atoms with Crippen LogP contribution in [0.15, 0.2) is 0 Å². The molecule has 3 heteroatoms. The summed E-state index contributed by atoms with van der Waals surface area (Å²) in [5.74, 6) is 0.208. The summed E-state index contributed by atoms with van der Waals surface area (Å²) in [5.41, 5.74) is 5.52. The van der Waals surface area contributed by atoms with Crippen molar-refractivity contribution >= 4 is 18.9 Å². The highest BCUT2D eigenvalue weighted by Gasteiger charge is 2.20. The molecule has 0 spiro atoms. The molecule has 0 rings (SSSR count). The first-order valence-corrected chi connectivity index (χ1v) is 4.25. The Kier molecular flexibility index (Phi) is 4.11. The molecule has 0 aromatic carbocycles. The Hall–Kier alpha value is -0.0200. The van der Waals surface area contributed by atoms with Gasteiger partial charge in [0.15, 0.2) is 0 Å². The van der Waals surface area contributed by atoms with Crippen molar-refractivity contribution < 1.29 is 4.79 Å². The molecule has 0 aromatic rings. The van der Waals surface area contributed by atoms with E-state index < -0.39 is 0 Å². The highest BCUT2D eigenvalue weighted by molar-refractivity contribution is 7.81. The van der Waals surface area contributed by atoms with Crippen LogP contribution in [0.2, 0.25) is 0 Å². The molecule has 0 fully saturated rings. The summed E-state index contributed by atoms with van der Waals surface area (Å²) in [6.45, 7) is 6.01. The number of nitrogens with two attached hydrogens (primary N) is 1. The number of hydrogen-bond acceptors (Lipinski definition) is 3. The molecule has 2 atom stereocenters. The molecule has 0 heterocycles. The third-order valence-electron chi connectivity index (χ3n) is 1.64. The number of carbonyl (C=O) groups excluding carboxylic acids is 1. The number of hydrogen-bond donors (Lipinski definition) is 2. The Bertz CT molecular complexity index is 131. The third-order valence-corrected chi connectivity index (χ3v) is 1.82. The Morgan fingerprint density at radius 3 is 2.36 bits per heavy atom. The van der Waals surface area contributed by atoms with E-state index in [1.54, 1.807) is 0 Å². The van der Waals surface area contributed by atoms with Gasteiger partial charge in [-0.15, -0.1) is 0 Å². The Labute approximate surface area is 74.0 Å². The van der Waals surface area contributed by atoms with Crippen molar-refractivity contribution in [2.45, 2.75) is 38.0 Å². The molecule has 0 aliphatic rings. The number of aldehydes is 1. The summed E-state index contributed by atoms with van der Waals surface area (Å²) in [6, 6.07) is -0.346. The molecule has 0 saturated carbocycles. The van der Waals surface area contributed by atoms with Gasteiger partial charge < -0.3 is 10.5 Å². The monoisotopic (exact) mass is 175 g/mol. The van der Waals surface area contributed by atoms with E-state index in [0.717, 1.165) is 12.7 Å². The highest BCUT2D eigenvalue weighted by Crippen LogP contribution is 2.23. The van der Waals surface area contributed by atoms with Crippen LogP contribution < -0.4 is 5.73 Å². The Morgan fingerprint density at radius 2 is 2.09 bits per heavy atom. The average Bonchev–Trinajstić information content (AvgIpc) is 1.82. The first-order chi connectivity index (χ1) is 4.87. The summed E-state index contributed by atoms with van der Waals surface area (Å²) in [7, 11) is 0. The van der Waals surface area contributed by atoms with E-state index in [9.17, 15) is 4.79 Å². The minimum absolute atomic E-state index is 0.0416. The molecular formula is C8H17NOS. The Balaban J connectivity index is 3.86. The fourth-order valence-electron chi connectivity index (χ4n) is 1.06. The van der Waals surface area contributed by atoms with E-state index in [0.29, 0.717) is 0 Å². The molecule has 0 radical (unpaired) electrons. The molecule has 0 aliphatic heterocycles. The quantitative estimate of drug-likeness (QED) is 0.499. The number of carbonyl (C=O) groups is 1. The van der Waals surface area contributed by atoms with Crippen molar-refractivity contribution in [3.8, 4) is 0 Å². The number of thiol groups is 1. The zero-order valence-electron chi connectivity index (χ0n) is 7.37. The van der Waals surface area contributed by atoms with Crippen molar-refractivity contribution in [1.29, 1.82) is 0 Å². The van der Waals surface area contributed by atoms with Crippen molar-refractivity contribution in [2.75, 3.05) is 0 Å². The fourth-order valence-corrected chi connectivity index (χ4v) is 1.35. The van der Waals surface area contributed by atoms with Crippen LogP contribution in [0.5, 0.6) is 0 Å². The maximum absolute atomic E-state index is 10.3. The summed E-state index contributed by atoms with van der Waals surface area (Å²) < 4.78 is -0.0416. The largest absolute Gasteiger partial charge is 0.322 e. The second-order valence-corrected chi connectivity index (χ2v) is 4.92. The van der Waals surface area contributed by atoms with Gasteiger partial charge in [-0.3, -0.25) is 0 Å². The van der Waals surface area contributed by atoms with Gasteiger partial charge in [0.25, 0.3) is 0 Å². The van der Waals surface area contributed by atoms with Gasteiger partial charge in [0.2, 0.25) is 0 Å². The van der Waals surface area contributed by atoms with Crippen LogP contribution in [0.4, 0.5) is 0 Å². The van der Waals surface area contributed by atoms with Gasteiger partial charge >= 0.3 is 0 Å². The lowest BCUT2D eigenvalue weighted by Crippen LogP contribution is -2.33. The predicted octanol–water partition coefficient (Wildman–Crippen LogP) is 1.25. The normalized spacial score (nSPS) is 17.5. The molecular weight excluding hydrogens is 158 g/mol.